The molecule has 1 heterocycles. The van der Waals surface area contributed by atoms with Crippen LogP contribution in [0.3, 0.4) is 0 Å². The minimum Gasteiger partial charge on any atom is -0.479 e. The summed E-state index contributed by atoms with van der Waals surface area (Å²) in [5.74, 6) is -1.02. The number of aliphatic hydroxyl groups is 1. The second-order valence-corrected chi connectivity index (χ2v) is 9.59. The van der Waals surface area contributed by atoms with Crippen LogP contribution in [0.15, 0.2) is 23.8 Å². The summed E-state index contributed by atoms with van der Waals surface area (Å²) in [6, 6.07) is 0. The highest BCUT2D eigenvalue weighted by Gasteiger charge is 2.82. The van der Waals surface area contributed by atoms with Crippen LogP contribution in [0.1, 0.15) is 46.5 Å². The molecule has 5 heteroatoms. The van der Waals surface area contributed by atoms with Crippen molar-refractivity contribution in [3.8, 4) is 0 Å². The van der Waals surface area contributed by atoms with Gasteiger partial charge in [0.2, 0.25) is 0 Å². The van der Waals surface area contributed by atoms with Crippen LogP contribution in [-0.2, 0) is 14.3 Å². The van der Waals surface area contributed by atoms with Gasteiger partial charge in [-0.3, -0.25) is 4.79 Å². The van der Waals surface area contributed by atoms with E-state index in [0.717, 1.165) is 18.4 Å². The number of rotatable bonds is 1. The summed E-state index contributed by atoms with van der Waals surface area (Å²) in [7, 11) is 0. The number of aliphatic carboxylic acids is 1. The zero-order valence-corrected chi connectivity index (χ0v) is 15.5. The van der Waals surface area contributed by atoms with Crippen LogP contribution < -0.4 is 0 Å². The number of allylic oxidation sites excluding steroid dienone is 2. The number of carboxylic acids is 1. The average Bonchev–Trinajstić information content (AvgIpc) is 3.25. The Balaban J connectivity index is 1.62. The van der Waals surface area contributed by atoms with Crippen LogP contribution in [0, 0.1) is 28.6 Å². The van der Waals surface area contributed by atoms with Crippen molar-refractivity contribution in [3.05, 3.63) is 23.8 Å². The van der Waals surface area contributed by atoms with E-state index in [2.05, 4.69) is 6.92 Å². The first-order valence-corrected chi connectivity index (χ1v) is 9.69. The molecule has 1 spiro atoms. The first kappa shape index (κ1) is 16.7. The molecule has 0 aromatic rings. The van der Waals surface area contributed by atoms with Crippen molar-refractivity contribution in [3.63, 3.8) is 0 Å². The maximum Gasteiger partial charge on any atom is 0.336 e. The fourth-order valence-corrected chi connectivity index (χ4v) is 7.44. The number of ether oxygens (including phenoxy) is 1. The molecule has 0 radical (unpaired) electrons. The second kappa shape index (κ2) is 4.50. The molecule has 140 valence electrons. The highest BCUT2D eigenvalue weighted by Crippen LogP contribution is 2.76. The molecule has 0 bridgehead atoms. The molecule has 5 rings (SSSR count). The Hall–Kier alpha value is -1.46. The predicted molar refractivity (Wildman–Crippen MR) is 93.2 cm³/mol. The van der Waals surface area contributed by atoms with Crippen LogP contribution in [0.5, 0.6) is 0 Å². The van der Waals surface area contributed by atoms with Gasteiger partial charge in [-0.25, -0.2) is 4.79 Å². The van der Waals surface area contributed by atoms with Crippen molar-refractivity contribution in [1.82, 2.24) is 0 Å². The predicted octanol–water partition coefficient (Wildman–Crippen LogP) is 2.49. The molecular weight excluding hydrogens is 332 g/mol. The molecule has 5 nitrogen and oxygen atoms in total. The lowest BCUT2D eigenvalue weighted by atomic mass is 9.47. The third kappa shape index (κ3) is 1.50. The van der Waals surface area contributed by atoms with Gasteiger partial charge >= 0.3 is 5.97 Å². The van der Waals surface area contributed by atoms with E-state index in [4.69, 9.17) is 4.74 Å². The molecule has 0 amide bonds. The quantitative estimate of drug-likeness (QED) is 0.703. The van der Waals surface area contributed by atoms with E-state index in [0.29, 0.717) is 12.8 Å². The molecule has 0 aromatic heterocycles. The molecule has 1 saturated heterocycles. The van der Waals surface area contributed by atoms with Crippen LogP contribution in [-0.4, -0.2) is 39.3 Å². The topological polar surface area (TPSA) is 87.1 Å². The Kier molecular flexibility index (Phi) is 2.89. The van der Waals surface area contributed by atoms with Crippen LogP contribution in [0.4, 0.5) is 0 Å². The second-order valence-electron chi connectivity index (χ2n) is 9.59. The summed E-state index contributed by atoms with van der Waals surface area (Å²) in [5.41, 5.74) is -1.89. The smallest absolute Gasteiger partial charge is 0.336 e. The Bertz CT molecular complexity index is 798. The average molecular weight is 358 g/mol. The third-order valence-corrected chi connectivity index (χ3v) is 8.84. The number of ketones is 1. The molecule has 4 fully saturated rings. The molecule has 1 aliphatic heterocycles. The van der Waals surface area contributed by atoms with Gasteiger partial charge in [0.1, 0.15) is 5.60 Å². The van der Waals surface area contributed by atoms with Gasteiger partial charge in [-0.15, -0.1) is 0 Å². The maximum absolute atomic E-state index is 12.1. The Morgan fingerprint density at radius 1 is 1.31 bits per heavy atom. The van der Waals surface area contributed by atoms with Gasteiger partial charge in [0.05, 0.1) is 6.10 Å². The summed E-state index contributed by atoms with van der Waals surface area (Å²) < 4.78 is 6.38. The molecular formula is C21H26O5. The first-order valence-electron chi connectivity index (χ1n) is 9.69. The third-order valence-electron chi connectivity index (χ3n) is 8.84. The van der Waals surface area contributed by atoms with Crippen molar-refractivity contribution >= 4 is 11.8 Å². The van der Waals surface area contributed by atoms with Crippen LogP contribution in [0.2, 0.25) is 0 Å². The number of hydrogen-bond donors (Lipinski definition) is 2. The molecule has 2 N–H and O–H groups in total. The summed E-state index contributed by atoms with van der Waals surface area (Å²) >= 11 is 0. The van der Waals surface area contributed by atoms with Gasteiger partial charge in [-0.1, -0.05) is 25.5 Å². The maximum atomic E-state index is 12.1. The minimum atomic E-state index is -1.70. The SMILES string of the molecule is C[C@H]1C[C@H]2[C@@H]3CCC4=CC(=O)C=C[C@]4(C)[C@@]34O[C@H]4C[C@]2(C)[C@@]1(O)C(=O)O. The van der Waals surface area contributed by atoms with E-state index >= 15 is 0 Å². The number of carbonyl (C=O) groups excluding carboxylic acids is 1. The normalized spacial score (nSPS) is 56.8. The van der Waals surface area contributed by atoms with Gasteiger partial charge in [0.25, 0.3) is 0 Å². The monoisotopic (exact) mass is 358 g/mol. The number of carbonyl (C=O) groups is 2. The van der Waals surface area contributed by atoms with Crippen molar-refractivity contribution in [2.75, 3.05) is 0 Å². The van der Waals surface area contributed by atoms with Gasteiger partial charge in [0.15, 0.2) is 11.4 Å². The first-order chi connectivity index (χ1) is 12.1. The highest BCUT2D eigenvalue weighted by atomic mass is 16.6. The lowest BCUT2D eigenvalue weighted by Crippen LogP contribution is -2.61. The highest BCUT2D eigenvalue weighted by molar-refractivity contribution is 6.01. The molecule has 0 aromatic carbocycles. The van der Waals surface area contributed by atoms with Crippen molar-refractivity contribution < 1.29 is 24.5 Å². The largest absolute Gasteiger partial charge is 0.479 e. The zero-order valence-electron chi connectivity index (χ0n) is 15.5. The molecule has 4 aliphatic carbocycles. The van der Waals surface area contributed by atoms with Gasteiger partial charge in [-0.05, 0) is 62.5 Å². The van der Waals surface area contributed by atoms with Gasteiger partial charge in [-0.2, -0.15) is 0 Å². The lowest BCUT2D eigenvalue weighted by Gasteiger charge is -2.55. The molecule has 8 atom stereocenters. The summed E-state index contributed by atoms with van der Waals surface area (Å²) in [5, 5.41) is 21.1. The fraction of sp³-hybridized carbons (Fsp3) is 0.714. The van der Waals surface area contributed by atoms with Crippen molar-refractivity contribution in [2.24, 2.45) is 28.6 Å². The van der Waals surface area contributed by atoms with E-state index in [1.54, 1.807) is 12.2 Å². The lowest BCUT2D eigenvalue weighted by molar-refractivity contribution is -0.183. The summed E-state index contributed by atoms with van der Waals surface area (Å²) in [4.78, 5) is 23.9. The number of fused-ring (bicyclic) bond motifs is 3. The molecule has 5 aliphatic rings. The standard InChI is InChI=1S/C21H26O5/c1-11-8-15-14-5-4-12-9-13(22)6-7-18(12,2)21(14)16(26-21)10-19(15,3)20(11,25)17(23)24/h6-7,9,11,14-16,25H,4-5,8,10H2,1-3H3,(H,23,24)/t11-,14-,15-,16-,18-,19-,20-,21+/m0/s1. The van der Waals surface area contributed by atoms with E-state index < -0.39 is 17.0 Å². The van der Waals surface area contributed by atoms with Gasteiger partial charge in [0, 0.05) is 10.8 Å². The van der Waals surface area contributed by atoms with Gasteiger partial charge < -0.3 is 14.9 Å². The zero-order chi connectivity index (χ0) is 18.7. The van der Waals surface area contributed by atoms with Crippen molar-refractivity contribution in [2.45, 2.75) is 63.8 Å². The van der Waals surface area contributed by atoms with Crippen LogP contribution >= 0.6 is 0 Å². The molecule has 26 heavy (non-hydrogen) atoms. The van der Waals surface area contributed by atoms with Crippen molar-refractivity contribution in [1.29, 1.82) is 0 Å². The van der Waals surface area contributed by atoms with E-state index in [1.165, 1.54) is 0 Å². The van der Waals surface area contributed by atoms with E-state index in [9.17, 15) is 19.8 Å². The summed E-state index contributed by atoms with van der Waals surface area (Å²) in [6.07, 6.45) is 8.37. The molecule has 0 unspecified atom stereocenters. The Morgan fingerprint density at radius 2 is 2.04 bits per heavy atom. The number of epoxide rings is 1. The Labute approximate surface area is 153 Å². The number of hydrogen-bond acceptors (Lipinski definition) is 4. The Morgan fingerprint density at radius 3 is 2.73 bits per heavy atom. The van der Waals surface area contributed by atoms with Crippen LogP contribution in [0.25, 0.3) is 0 Å². The van der Waals surface area contributed by atoms with E-state index in [-0.39, 0.29) is 40.7 Å². The minimum absolute atomic E-state index is 0.0416. The molecule has 3 saturated carbocycles. The fourth-order valence-electron chi connectivity index (χ4n) is 7.44. The van der Waals surface area contributed by atoms with E-state index in [1.807, 2.05) is 19.9 Å². The number of carboxylic acid groups (broad SMARTS) is 1. The summed E-state index contributed by atoms with van der Waals surface area (Å²) in [6.45, 7) is 5.99.